The van der Waals surface area contributed by atoms with Gasteiger partial charge in [-0.25, -0.2) is 0 Å². The van der Waals surface area contributed by atoms with Crippen LogP contribution in [-0.2, 0) is 12.2 Å². The molecule has 1 amide bonds. The molecule has 4 nitrogen and oxygen atoms in total. The van der Waals surface area contributed by atoms with E-state index >= 15 is 0 Å². The van der Waals surface area contributed by atoms with Crippen molar-refractivity contribution in [2.75, 3.05) is 13.7 Å². The Hall–Kier alpha value is -2.40. The number of hydrogen-bond acceptors (Lipinski definition) is 4. The van der Waals surface area contributed by atoms with Gasteiger partial charge in [-0.05, 0) is 43.0 Å². The Labute approximate surface area is 182 Å². The van der Waals surface area contributed by atoms with Crippen molar-refractivity contribution < 1.29 is 13.9 Å². The Bertz CT molecular complexity index is 974. The summed E-state index contributed by atoms with van der Waals surface area (Å²) >= 11 is 1.97. The molecule has 158 valence electrons. The number of carbonyl (C=O) groups excluding carboxylic acids is 1. The zero-order chi connectivity index (χ0) is 20.8. The summed E-state index contributed by atoms with van der Waals surface area (Å²) in [7, 11) is 1.66. The Morgan fingerprint density at radius 2 is 1.87 bits per heavy atom. The fourth-order valence-corrected chi connectivity index (χ4v) is 5.41. The SMILES string of the molecule is COc1ccc(CCNC(=O)c2oc3ccccc3c2CSC2CCCCC2)cc1. The summed E-state index contributed by atoms with van der Waals surface area (Å²) in [6.07, 6.45) is 7.33. The zero-order valence-electron chi connectivity index (χ0n) is 17.5. The largest absolute Gasteiger partial charge is 0.497 e. The second-order valence-electron chi connectivity index (χ2n) is 7.83. The lowest BCUT2D eigenvalue weighted by atomic mass is 10.0. The van der Waals surface area contributed by atoms with Gasteiger partial charge in [0.1, 0.15) is 11.3 Å². The molecular weight excluding hydrogens is 394 g/mol. The van der Waals surface area contributed by atoms with Crippen molar-refractivity contribution in [3.63, 3.8) is 0 Å². The first-order chi connectivity index (χ1) is 14.7. The third-order valence-electron chi connectivity index (χ3n) is 5.78. The van der Waals surface area contributed by atoms with E-state index in [-0.39, 0.29) is 5.91 Å². The van der Waals surface area contributed by atoms with Gasteiger partial charge < -0.3 is 14.5 Å². The summed E-state index contributed by atoms with van der Waals surface area (Å²) in [5, 5.41) is 4.79. The minimum atomic E-state index is -0.126. The molecule has 0 spiro atoms. The van der Waals surface area contributed by atoms with Gasteiger partial charge in [0.25, 0.3) is 5.91 Å². The number of thioether (sulfide) groups is 1. The number of furan rings is 1. The fraction of sp³-hybridized carbons (Fsp3) is 0.400. The molecule has 0 radical (unpaired) electrons. The standard InChI is InChI=1S/C25H29NO3S/c1-28-19-13-11-18(12-14-19)15-16-26-25(27)24-22(17-30-20-7-3-2-4-8-20)21-9-5-6-10-23(21)29-24/h5-6,9-14,20H,2-4,7-8,15-17H2,1H3,(H,26,27). The van der Waals surface area contributed by atoms with Crippen LogP contribution in [0.3, 0.4) is 0 Å². The van der Waals surface area contributed by atoms with Gasteiger partial charge in [-0.3, -0.25) is 4.79 Å². The van der Waals surface area contributed by atoms with Gasteiger partial charge in [0, 0.05) is 28.5 Å². The molecule has 0 saturated heterocycles. The van der Waals surface area contributed by atoms with Crippen molar-refractivity contribution in [2.24, 2.45) is 0 Å². The maximum absolute atomic E-state index is 12.9. The van der Waals surface area contributed by atoms with Crippen molar-refractivity contribution in [3.05, 3.63) is 65.4 Å². The summed E-state index contributed by atoms with van der Waals surface area (Å²) in [5.41, 5.74) is 2.98. The van der Waals surface area contributed by atoms with E-state index in [1.54, 1.807) is 7.11 Å². The van der Waals surface area contributed by atoms with Crippen LogP contribution in [0.15, 0.2) is 52.9 Å². The molecule has 4 rings (SSSR count). The molecule has 0 unspecified atom stereocenters. The van der Waals surface area contributed by atoms with E-state index in [0.717, 1.165) is 40.0 Å². The minimum Gasteiger partial charge on any atom is -0.497 e. The fourth-order valence-electron chi connectivity index (χ4n) is 4.05. The quantitative estimate of drug-likeness (QED) is 0.484. The Kier molecular flexibility index (Phi) is 7.00. The van der Waals surface area contributed by atoms with Crippen LogP contribution < -0.4 is 10.1 Å². The number of rotatable bonds is 8. The molecule has 30 heavy (non-hydrogen) atoms. The van der Waals surface area contributed by atoms with Crippen LogP contribution in [0, 0.1) is 0 Å². The highest BCUT2D eigenvalue weighted by atomic mass is 32.2. The first kappa shape index (κ1) is 20.9. The summed E-state index contributed by atoms with van der Waals surface area (Å²) in [6.45, 7) is 0.567. The van der Waals surface area contributed by atoms with Crippen LogP contribution >= 0.6 is 11.8 Å². The maximum atomic E-state index is 12.9. The predicted octanol–water partition coefficient (Wildman–Crippen LogP) is 5.98. The molecule has 0 bridgehead atoms. The third kappa shape index (κ3) is 5.01. The normalized spacial score (nSPS) is 14.7. The first-order valence-electron chi connectivity index (χ1n) is 10.8. The van der Waals surface area contributed by atoms with Gasteiger partial charge in [-0.2, -0.15) is 11.8 Å². The molecule has 3 aromatic rings. The Morgan fingerprint density at radius 1 is 1.10 bits per heavy atom. The van der Waals surface area contributed by atoms with Gasteiger partial charge in [0.2, 0.25) is 0 Å². The molecule has 1 fully saturated rings. The first-order valence-corrected chi connectivity index (χ1v) is 11.8. The van der Waals surface area contributed by atoms with Crippen LogP contribution in [0.5, 0.6) is 5.75 Å². The number of nitrogens with one attached hydrogen (secondary N) is 1. The van der Waals surface area contributed by atoms with Crippen LogP contribution in [0.2, 0.25) is 0 Å². The van der Waals surface area contributed by atoms with Crippen molar-refractivity contribution >= 4 is 28.6 Å². The number of carbonyl (C=O) groups is 1. The molecule has 1 aliphatic carbocycles. The lowest BCUT2D eigenvalue weighted by molar-refractivity contribution is 0.0927. The van der Waals surface area contributed by atoms with E-state index in [0.29, 0.717) is 17.6 Å². The zero-order valence-corrected chi connectivity index (χ0v) is 18.3. The minimum absolute atomic E-state index is 0.126. The number of methoxy groups -OCH3 is 1. The molecule has 0 atom stereocenters. The summed E-state index contributed by atoms with van der Waals surface area (Å²) in [5.74, 6) is 2.00. The van der Waals surface area contributed by atoms with Crippen LogP contribution in [0.1, 0.15) is 53.8 Å². The molecule has 2 aromatic carbocycles. The molecule has 1 saturated carbocycles. The van der Waals surface area contributed by atoms with E-state index < -0.39 is 0 Å². The number of para-hydroxylation sites is 1. The number of benzene rings is 2. The van der Waals surface area contributed by atoms with Crippen LogP contribution in [0.4, 0.5) is 0 Å². The topological polar surface area (TPSA) is 51.5 Å². The number of amides is 1. The lowest BCUT2D eigenvalue weighted by Gasteiger charge is -2.20. The van der Waals surface area contributed by atoms with E-state index in [1.807, 2.05) is 54.2 Å². The van der Waals surface area contributed by atoms with Crippen LogP contribution in [0.25, 0.3) is 11.0 Å². The van der Waals surface area contributed by atoms with Gasteiger partial charge >= 0.3 is 0 Å². The van der Waals surface area contributed by atoms with E-state index in [1.165, 1.54) is 32.1 Å². The molecule has 1 N–H and O–H groups in total. The molecule has 1 aromatic heterocycles. The van der Waals surface area contributed by atoms with Crippen molar-refractivity contribution in [1.82, 2.24) is 5.32 Å². The summed E-state index contributed by atoms with van der Waals surface area (Å²) in [6, 6.07) is 15.9. The maximum Gasteiger partial charge on any atom is 0.287 e. The highest BCUT2D eigenvalue weighted by molar-refractivity contribution is 7.99. The third-order valence-corrected chi connectivity index (χ3v) is 7.18. The lowest BCUT2D eigenvalue weighted by Crippen LogP contribution is -2.26. The monoisotopic (exact) mass is 423 g/mol. The average Bonchev–Trinajstić information content (AvgIpc) is 3.17. The molecule has 5 heteroatoms. The summed E-state index contributed by atoms with van der Waals surface area (Å²) < 4.78 is 11.2. The second kappa shape index (κ2) is 10.1. The molecule has 1 heterocycles. The Morgan fingerprint density at radius 3 is 2.63 bits per heavy atom. The van der Waals surface area contributed by atoms with E-state index in [4.69, 9.17) is 9.15 Å². The van der Waals surface area contributed by atoms with Crippen molar-refractivity contribution in [3.8, 4) is 5.75 Å². The smallest absolute Gasteiger partial charge is 0.287 e. The van der Waals surface area contributed by atoms with Crippen molar-refractivity contribution in [1.29, 1.82) is 0 Å². The van der Waals surface area contributed by atoms with Gasteiger partial charge in [-0.15, -0.1) is 0 Å². The number of hydrogen-bond donors (Lipinski definition) is 1. The van der Waals surface area contributed by atoms with E-state index in [2.05, 4.69) is 11.4 Å². The second-order valence-corrected chi connectivity index (χ2v) is 9.12. The van der Waals surface area contributed by atoms with Gasteiger partial charge in [0.15, 0.2) is 5.76 Å². The molecular formula is C25H29NO3S. The highest BCUT2D eigenvalue weighted by Crippen LogP contribution is 2.35. The molecule has 1 aliphatic rings. The Balaban J connectivity index is 1.42. The highest BCUT2D eigenvalue weighted by Gasteiger charge is 2.22. The average molecular weight is 424 g/mol. The van der Waals surface area contributed by atoms with Crippen LogP contribution in [-0.4, -0.2) is 24.8 Å². The summed E-state index contributed by atoms with van der Waals surface area (Å²) in [4.78, 5) is 12.9. The van der Waals surface area contributed by atoms with Gasteiger partial charge in [0.05, 0.1) is 7.11 Å². The van der Waals surface area contributed by atoms with Gasteiger partial charge in [-0.1, -0.05) is 49.6 Å². The number of fused-ring (bicyclic) bond motifs is 1. The predicted molar refractivity (Wildman–Crippen MR) is 123 cm³/mol. The van der Waals surface area contributed by atoms with E-state index in [9.17, 15) is 4.79 Å². The molecule has 0 aliphatic heterocycles. The van der Waals surface area contributed by atoms with Crippen molar-refractivity contribution in [2.45, 2.75) is 49.5 Å². The number of ether oxygens (including phenoxy) is 1.